The molecule has 132 valence electrons. The molecule has 3 aromatic rings. The van der Waals surface area contributed by atoms with Crippen LogP contribution in [-0.2, 0) is 6.54 Å². The smallest absolute Gasteiger partial charge is 0.274 e. The molecule has 0 aliphatic rings. The van der Waals surface area contributed by atoms with Crippen molar-refractivity contribution in [2.45, 2.75) is 13.5 Å². The minimum absolute atomic E-state index is 0.161. The van der Waals surface area contributed by atoms with Crippen molar-refractivity contribution >= 4 is 17.3 Å². The minimum Gasteiger partial charge on any atom is -0.381 e. The Kier molecular flexibility index (Phi) is 5.22. The maximum atomic E-state index is 13.2. The van der Waals surface area contributed by atoms with E-state index in [1.165, 1.54) is 17.8 Å². The van der Waals surface area contributed by atoms with Crippen molar-refractivity contribution in [3.05, 3.63) is 89.2 Å². The summed E-state index contributed by atoms with van der Waals surface area (Å²) in [4.78, 5) is 16.3. The lowest BCUT2D eigenvalue weighted by molar-refractivity contribution is 0.102. The van der Waals surface area contributed by atoms with E-state index in [-0.39, 0.29) is 11.4 Å². The summed E-state index contributed by atoms with van der Waals surface area (Å²) in [5, 5.41) is 5.72. The first-order valence-corrected chi connectivity index (χ1v) is 8.03. The topological polar surface area (TPSA) is 54.0 Å². The SMILES string of the molecule is Cc1ccc(CNc2ccnc(C(=O)Nc3ccc(F)c(F)c3)c2)cc1. The Bertz CT molecular complexity index is 927. The second kappa shape index (κ2) is 7.74. The molecule has 1 heterocycles. The molecule has 0 aliphatic carbocycles. The van der Waals surface area contributed by atoms with Crippen LogP contribution in [0.3, 0.4) is 0 Å². The zero-order chi connectivity index (χ0) is 18.5. The monoisotopic (exact) mass is 353 g/mol. The van der Waals surface area contributed by atoms with Crippen molar-refractivity contribution < 1.29 is 13.6 Å². The number of carbonyl (C=O) groups is 1. The van der Waals surface area contributed by atoms with Gasteiger partial charge >= 0.3 is 0 Å². The van der Waals surface area contributed by atoms with Crippen molar-refractivity contribution in [1.29, 1.82) is 0 Å². The molecule has 6 heteroatoms. The molecule has 3 rings (SSSR count). The molecule has 0 bridgehead atoms. The largest absolute Gasteiger partial charge is 0.381 e. The molecule has 1 aromatic heterocycles. The second-order valence-electron chi connectivity index (χ2n) is 5.85. The predicted octanol–water partition coefficient (Wildman–Crippen LogP) is 4.53. The number of pyridine rings is 1. The molecule has 0 saturated carbocycles. The summed E-state index contributed by atoms with van der Waals surface area (Å²) in [6, 6.07) is 14.6. The lowest BCUT2D eigenvalue weighted by Gasteiger charge is -2.09. The summed E-state index contributed by atoms with van der Waals surface area (Å²) >= 11 is 0. The highest BCUT2D eigenvalue weighted by atomic mass is 19.2. The van der Waals surface area contributed by atoms with Crippen molar-refractivity contribution in [2.75, 3.05) is 10.6 Å². The zero-order valence-electron chi connectivity index (χ0n) is 14.1. The number of amides is 1. The first-order chi connectivity index (χ1) is 12.5. The van der Waals surface area contributed by atoms with Gasteiger partial charge in [0.15, 0.2) is 11.6 Å². The molecule has 4 nitrogen and oxygen atoms in total. The van der Waals surface area contributed by atoms with Crippen molar-refractivity contribution in [3.63, 3.8) is 0 Å². The Morgan fingerprint density at radius 3 is 2.46 bits per heavy atom. The number of nitrogens with one attached hydrogen (secondary N) is 2. The number of aromatic nitrogens is 1. The number of benzene rings is 2. The Hall–Kier alpha value is -3.28. The Morgan fingerprint density at radius 1 is 0.962 bits per heavy atom. The summed E-state index contributed by atoms with van der Waals surface area (Å²) in [7, 11) is 0. The molecule has 0 radical (unpaired) electrons. The molecule has 0 spiro atoms. The van der Waals surface area contributed by atoms with Gasteiger partial charge < -0.3 is 10.6 Å². The third kappa shape index (κ3) is 4.42. The van der Waals surface area contributed by atoms with Crippen LogP contribution in [0.4, 0.5) is 20.2 Å². The zero-order valence-corrected chi connectivity index (χ0v) is 14.1. The van der Waals surface area contributed by atoms with E-state index in [1.807, 2.05) is 31.2 Å². The lowest BCUT2D eigenvalue weighted by atomic mass is 10.1. The Labute approximate surface area is 149 Å². The molecule has 0 fully saturated rings. The van der Waals surface area contributed by atoms with Gasteiger partial charge in [-0.25, -0.2) is 8.78 Å². The van der Waals surface area contributed by atoms with Crippen molar-refractivity contribution in [3.8, 4) is 0 Å². The third-order valence-electron chi connectivity index (χ3n) is 3.79. The molecule has 0 aliphatic heterocycles. The first-order valence-electron chi connectivity index (χ1n) is 8.03. The van der Waals surface area contributed by atoms with Crippen LogP contribution >= 0.6 is 0 Å². The molecule has 1 amide bonds. The van der Waals surface area contributed by atoms with Gasteiger partial charge in [-0.15, -0.1) is 0 Å². The summed E-state index contributed by atoms with van der Waals surface area (Å²) in [5.74, 6) is -2.50. The van der Waals surface area contributed by atoms with Crippen LogP contribution in [0.2, 0.25) is 0 Å². The number of halogens is 2. The maximum Gasteiger partial charge on any atom is 0.274 e. The maximum absolute atomic E-state index is 13.2. The van der Waals surface area contributed by atoms with Gasteiger partial charge in [0, 0.05) is 30.2 Å². The van der Waals surface area contributed by atoms with Crippen LogP contribution in [0.1, 0.15) is 21.6 Å². The molecule has 0 unspecified atom stereocenters. The van der Waals surface area contributed by atoms with E-state index in [4.69, 9.17) is 0 Å². The van der Waals surface area contributed by atoms with Gasteiger partial charge in [-0.3, -0.25) is 9.78 Å². The van der Waals surface area contributed by atoms with E-state index in [2.05, 4.69) is 15.6 Å². The van der Waals surface area contributed by atoms with Gasteiger partial charge in [-0.1, -0.05) is 29.8 Å². The van der Waals surface area contributed by atoms with E-state index in [0.29, 0.717) is 6.54 Å². The average Bonchev–Trinajstić information content (AvgIpc) is 2.64. The van der Waals surface area contributed by atoms with Gasteiger partial charge in [-0.2, -0.15) is 0 Å². The average molecular weight is 353 g/mol. The van der Waals surface area contributed by atoms with Gasteiger partial charge in [0.05, 0.1) is 0 Å². The molecule has 2 N–H and O–H groups in total. The summed E-state index contributed by atoms with van der Waals surface area (Å²) in [6.07, 6.45) is 1.51. The van der Waals surface area contributed by atoms with Gasteiger partial charge in [-0.05, 0) is 36.8 Å². The summed E-state index contributed by atoms with van der Waals surface area (Å²) < 4.78 is 26.2. The fourth-order valence-corrected chi connectivity index (χ4v) is 2.34. The van der Waals surface area contributed by atoms with Crippen LogP contribution < -0.4 is 10.6 Å². The number of aryl methyl sites for hydroxylation is 1. The minimum atomic E-state index is -1.02. The number of rotatable bonds is 5. The van der Waals surface area contributed by atoms with E-state index in [9.17, 15) is 13.6 Å². The van der Waals surface area contributed by atoms with Crippen LogP contribution in [0, 0.1) is 18.6 Å². The van der Waals surface area contributed by atoms with E-state index in [1.54, 1.807) is 12.1 Å². The van der Waals surface area contributed by atoms with Crippen LogP contribution in [0.25, 0.3) is 0 Å². The number of nitrogens with zero attached hydrogens (tertiary/aromatic N) is 1. The highest BCUT2D eigenvalue weighted by molar-refractivity contribution is 6.03. The Balaban J connectivity index is 1.66. The van der Waals surface area contributed by atoms with E-state index < -0.39 is 17.5 Å². The van der Waals surface area contributed by atoms with Gasteiger partial charge in [0.2, 0.25) is 0 Å². The summed E-state index contributed by atoms with van der Waals surface area (Å²) in [5.41, 5.74) is 3.36. The molecule has 0 saturated heterocycles. The molecular weight excluding hydrogens is 336 g/mol. The van der Waals surface area contributed by atoms with Gasteiger partial charge in [0.1, 0.15) is 5.69 Å². The standard InChI is InChI=1S/C20H17F2N3O/c1-13-2-4-14(5-3-13)12-24-15-8-9-23-19(11-15)20(26)25-16-6-7-17(21)18(22)10-16/h2-11H,12H2,1H3,(H,23,24)(H,25,26). The molecule has 0 atom stereocenters. The van der Waals surface area contributed by atoms with Crippen molar-refractivity contribution in [1.82, 2.24) is 4.98 Å². The summed E-state index contributed by atoms with van der Waals surface area (Å²) in [6.45, 7) is 2.63. The van der Waals surface area contributed by atoms with Crippen molar-refractivity contribution in [2.24, 2.45) is 0 Å². The lowest BCUT2D eigenvalue weighted by Crippen LogP contribution is -2.14. The number of carbonyl (C=O) groups excluding carboxylic acids is 1. The van der Waals surface area contributed by atoms with E-state index >= 15 is 0 Å². The molecular formula is C20H17F2N3O. The Morgan fingerprint density at radius 2 is 1.73 bits per heavy atom. The van der Waals surface area contributed by atoms with Crippen LogP contribution in [-0.4, -0.2) is 10.9 Å². The number of hydrogen-bond acceptors (Lipinski definition) is 3. The third-order valence-corrected chi connectivity index (χ3v) is 3.79. The first kappa shape index (κ1) is 17.5. The van der Waals surface area contributed by atoms with E-state index in [0.717, 1.165) is 23.4 Å². The molecule has 2 aromatic carbocycles. The van der Waals surface area contributed by atoms with Crippen LogP contribution in [0.5, 0.6) is 0 Å². The van der Waals surface area contributed by atoms with Crippen LogP contribution in [0.15, 0.2) is 60.8 Å². The number of anilines is 2. The fraction of sp³-hybridized carbons (Fsp3) is 0.100. The van der Waals surface area contributed by atoms with Gasteiger partial charge in [0.25, 0.3) is 5.91 Å². The number of hydrogen-bond donors (Lipinski definition) is 2. The normalized spacial score (nSPS) is 10.4. The quantitative estimate of drug-likeness (QED) is 0.708. The predicted molar refractivity (Wildman–Crippen MR) is 97.1 cm³/mol. The molecule has 26 heavy (non-hydrogen) atoms. The fourth-order valence-electron chi connectivity index (χ4n) is 2.34. The highest BCUT2D eigenvalue weighted by Crippen LogP contribution is 2.15. The second-order valence-corrected chi connectivity index (χ2v) is 5.85. The highest BCUT2D eigenvalue weighted by Gasteiger charge is 2.10.